The number of amides is 1. The van der Waals surface area contributed by atoms with Crippen molar-refractivity contribution in [1.29, 1.82) is 5.26 Å². The number of nitrogens with zero attached hydrogens (tertiary/aromatic N) is 5. The van der Waals surface area contributed by atoms with Crippen LogP contribution in [0.15, 0.2) is 54.0 Å². The molecular weight excluding hydrogens is 507 g/mol. The average molecular weight is 540 g/mol. The Morgan fingerprint density at radius 2 is 1.78 bits per heavy atom. The van der Waals surface area contributed by atoms with Crippen LogP contribution in [-0.4, -0.2) is 59.9 Å². The number of benzene rings is 2. The fourth-order valence-electron chi connectivity index (χ4n) is 4.37. The molecule has 1 aliphatic heterocycles. The standard InChI is InChI=1S/C28H32Cl2N6O/c1-4-10-33-19-21-6-8-23(9-7-21)28(37)34(5-2)11-12-35-13-14-36(27(35)26(18-31)32-3)20-22-15-24(29)17-25(30)16-22/h6-9,15-17,33H,4-5,10-14,19-20H2,1-2H3/b27-26-. The van der Waals surface area contributed by atoms with E-state index in [1.807, 2.05) is 59.2 Å². The quantitative estimate of drug-likeness (QED) is 0.236. The zero-order valence-electron chi connectivity index (χ0n) is 21.3. The van der Waals surface area contributed by atoms with Gasteiger partial charge in [0.1, 0.15) is 5.82 Å². The number of allylic oxidation sites excluding steroid dienone is 1. The van der Waals surface area contributed by atoms with Crippen molar-refractivity contribution in [2.75, 3.05) is 39.3 Å². The summed E-state index contributed by atoms with van der Waals surface area (Å²) in [6, 6.07) is 15.1. The third-order valence-corrected chi connectivity index (χ3v) is 6.67. The number of nitrogens with one attached hydrogen (secondary N) is 1. The van der Waals surface area contributed by atoms with E-state index in [1.165, 1.54) is 0 Å². The van der Waals surface area contributed by atoms with Gasteiger partial charge in [-0.25, -0.2) is 10.1 Å². The predicted octanol–water partition coefficient (Wildman–Crippen LogP) is 5.38. The van der Waals surface area contributed by atoms with Gasteiger partial charge in [-0.1, -0.05) is 42.3 Å². The van der Waals surface area contributed by atoms with E-state index in [9.17, 15) is 10.1 Å². The number of hydrogen-bond donors (Lipinski definition) is 1. The SMILES string of the molecule is [C-]#[N+]/C(C#N)=C1/N(CCN(CC)C(=O)c2ccc(CNCCC)cc2)CCN1Cc1cc(Cl)cc(Cl)c1. The molecule has 0 aliphatic carbocycles. The van der Waals surface area contributed by atoms with Gasteiger partial charge in [0, 0.05) is 61.4 Å². The number of carbonyl (C=O) groups is 1. The Morgan fingerprint density at radius 3 is 2.38 bits per heavy atom. The molecule has 0 bridgehead atoms. The molecule has 9 heteroatoms. The number of halogens is 2. The smallest absolute Gasteiger partial charge is 0.300 e. The molecule has 1 aliphatic rings. The summed E-state index contributed by atoms with van der Waals surface area (Å²) in [6.07, 6.45) is 1.08. The lowest BCUT2D eigenvalue weighted by Gasteiger charge is -2.28. The van der Waals surface area contributed by atoms with E-state index >= 15 is 0 Å². The molecule has 0 spiro atoms. The van der Waals surface area contributed by atoms with Crippen LogP contribution >= 0.6 is 23.2 Å². The first-order valence-corrected chi connectivity index (χ1v) is 13.2. The van der Waals surface area contributed by atoms with Crippen LogP contribution in [0.2, 0.25) is 10.0 Å². The van der Waals surface area contributed by atoms with E-state index in [4.69, 9.17) is 29.8 Å². The van der Waals surface area contributed by atoms with Crippen LogP contribution < -0.4 is 5.32 Å². The lowest BCUT2D eigenvalue weighted by molar-refractivity contribution is 0.0752. The molecule has 3 rings (SSSR count). The van der Waals surface area contributed by atoms with Crippen LogP contribution in [0.25, 0.3) is 4.85 Å². The zero-order chi connectivity index (χ0) is 26.8. The van der Waals surface area contributed by atoms with Crippen molar-refractivity contribution < 1.29 is 4.79 Å². The van der Waals surface area contributed by atoms with Gasteiger partial charge in [0.05, 0.1) is 12.6 Å². The molecule has 37 heavy (non-hydrogen) atoms. The topological polar surface area (TPSA) is 67.0 Å². The van der Waals surface area contributed by atoms with Crippen LogP contribution in [0, 0.1) is 17.9 Å². The van der Waals surface area contributed by atoms with E-state index in [0.29, 0.717) is 60.7 Å². The molecule has 1 fully saturated rings. The molecule has 1 heterocycles. The normalized spacial score (nSPS) is 14.3. The summed E-state index contributed by atoms with van der Waals surface area (Å²) in [4.78, 5) is 22.5. The summed E-state index contributed by atoms with van der Waals surface area (Å²) in [5, 5.41) is 14.1. The Balaban J connectivity index is 1.69. The van der Waals surface area contributed by atoms with Crippen molar-refractivity contribution in [2.24, 2.45) is 0 Å². The van der Waals surface area contributed by atoms with Crippen molar-refractivity contribution in [3.8, 4) is 6.07 Å². The van der Waals surface area contributed by atoms with Gasteiger partial charge in [0.15, 0.2) is 0 Å². The maximum Gasteiger partial charge on any atom is 0.300 e. The van der Waals surface area contributed by atoms with Crippen molar-refractivity contribution in [2.45, 2.75) is 33.4 Å². The summed E-state index contributed by atoms with van der Waals surface area (Å²) in [5.74, 6) is 0.553. The predicted molar refractivity (Wildman–Crippen MR) is 148 cm³/mol. The van der Waals surface area contributed by atoms with Crippen molar-refractivity contribution in [3.05, 3.63) is 92.1 Å². The van der Waals surface area contributed by atoms with E-state index in [2.05, 4.69) is 17.1 Å². The Morgan fingerprint density at radius 1 is 1.11 bits per heavy atom. The van der Waals surface area contributed by atoms with E-state index in [1.54, 1.807) is 11.0 Å². The molecule has 2 aromatic rings. The summed E-state index contributed by atoms with van der Waals surface area (Å²) in [7, 11) is 0. The van der Waals surface area contributed by atoms with Crippen LogP contribution in [0.4, 0.5) is 0 Å². The zero-order valence-corrected chi connectivity index (χ0v) is 22.8. The van der Waals surface area contributed by atoms with Crippen molar-refractivity contribution >= 4 is 29.1 Å². The van der Waals surface area contributed by atoms with Crippen molar-refractivity contribution in [1.82, 2.24) is 20.0 Å². The molecule has 0 aromatic heterocycles. The van der Waals surface area contributed by atoms with Gasteiger partial charge < -0.3 is 20.0 Å². The minimum Gasteiger partial charge on any atom is -0.363 e. The van der Waals surface area contributed by atoms with Crippen LogP contribution in [0.5, 0.6) is 0 Å². The Hall–Kier alpha value is -3.23. The maximum absolute atomic E-state index is 13.2. The Labute approximate surface area is 229 Å². The van der Waals surface area contributed by atoms with Gasteiger partial charge in [0.25, 0.3) is 5.91 Å². The fraction of sp³-hybridized carbons (Fsp3) is 0.393. The number of rotatable bonds is 11. The minimum atomic E-state index is -0.0311. The molecule has 0 saturated carbocycles. The summed E-state index contributed by atoms with van der Waals surface area (Å²) in [6.45, 7) is 16.7. The second kappa shape index (κ2) is 13.9. The Kier molecular flexibility index (Phi) is 10.7. The number of hydrogen-bond acceptors (Lipinski definition) is 5. The van der Waals surface area contributed by atoms with Crippen LogP contribution in [-0.2, 0) is 13.1 Å². The van der Waals surface area contributed by atoms with E-state index in [0.717, 1.165) is 30.6 Å². The molecule has 1 amide bonds. The highest BCUT2D eigenvalue weighted by Gasteiger charge is 2.29. The average Bonchev–Trinajstić information content (AvgIpc) is 3.27. The molecule has 2 aromatic carbocycles. The molecule has 1 N–H and O–H groups in total. The third-order valence-electron chi connectivity index (χ3n) is 6.23. The molecule has 0 radical (unpaired) electrons. The fourth-order valence-corrected chi connectivity index (χ4v) is 4.95. The molecule has 7 nitrogen and oxygen atoms in total. The van der Waals surface area contributed by atoms with Gasteiger partial charge >= 0.3 is 5.70 Å². The van der Waals surface area contributed by atoms with Crippen LogP contribution in [0.3, 0.4) is 0 Å². The summed E-state index contributed by atoms with van der Waals surface area (Å²) < 4.78 is 0. The van der Waals surface area contributed by atoms with E-state index < -0.39 is 0 Å². The van der Waals surface area contributed by atoms with Gasteiger partial charge in [-0.2, -0.15) is 0 Å². The lowest BCUT2D eigenvalue weighted by atomic mass is 10.1. The first-order valence-electron chi connectivity index (χ1n) is 12.5. The van der Waals surface area contributed by atoms with Crippen molar-refractivity contribution in [3.63, 3.8) is 0 Å². The highest BCUT2D eigenvalue weighted by atomic mass is 35.5. The van der Waals surface area contributed by atoms with Gasteiger partial charge in [-0.05, 0) is 61.3 Å². The summed E-state index contributed by atoms with van der Waals surface area (Å²) in [5.41, 5.74) is 2.73. The highest BCUT2D eigenvalue weighted by Crippen LogP contribution is 2.27. The molecular formula is C28H32Cl2N6O. The van der Waals surface area contributed by atoms with E-state index in [-0.39, 0.29) is 11.6 Å². The first kappa shape index (κ1) is 28.3. The first-order chi connectivity index (χ1) is 17.9. The van der Waals surface area contributed by atoms with Gasteiger partial charge in [-0.3, -0.25) is 4.79 Å². The minimum absolute atomic E-state index is 0.0311. The molecule has 194 valence electrons. The molecule has 0 unspecified atom stereocenters. The van der Waals surface area contributed by atoms with Crippen LogP contribution in [0.1, 0.15) is 41.8 Å². The maximum atomic E-state index is 13.2. The third kappa shape index (κ3) is 7.63. The Bertz CT molecular complexity index is 1160. The largest absolute Gasteiger partial charge is 0.363 e. The number of carbonyl (C=O) groups excluding carboxylic acids is 1. The lowest BCUT2D eigenvalue weighted by Crippen LogP contribution is -2.38. The number of nitriles is 1. The monoisotopic (exact) mass is 538 g/mol. The summed E-state index contributed by atoms with van der Waals surface area (Å²) >= 11 is 12.3. The van der Waals surface area contributed by atoms with Gasteiger partial charge in [0.2, 0.25) is 0 Å². The van der Waals surface area contributed by atoms with Gasteiger partial charge in [-0.15, -0.1) is 0 Å². The second-order valence-corrected chi connectivity index (χ2v) is 9.71. The highest BCUT2D eigenvalue weighted by molar-refractivity contribution is 6.34. The number of likely N-dealkylation sites (N-methyl/N-ethyl adjacent to an activating group) is 1. The second-order valence-electron chi connectivity index (χ2n) is 8.84. The molecule has 1 saturated heterocycles. The molecule has 0 atom stereocenters.